The van der Waals surface area contributed by atoms with Crippen LogP contribution >= 0.6 is 0 Å². The summed E-state index contributed by atoms with van der Waals surface area (Å²) in [5.41, 5.74) is 6.35. The summed E-state index contributed by atoms with van der Waals surface area (Å²) < 4.78 is 30.8. The summed E-state index contributed by atoms with van der Waals surface area (Å²) >= 11 is 0. The van der Waals surface area contributed by atoms with E-state index in [1.807, 2.05) is 24.3 Å². The number of nitrogens with zero attached hydrogens (tertiary/aromatic N) is 2. The predicted octanol–water partition coefficient (Wildman–Crippen LogP) is 0.106. The Labute approximate surface area is 120 Å². The highest BCUT2D eigenvalue weighted by Gasteiger charge is 2.27. The van der Waals surface area contributed by atoms with Crippen molar-refractivity contribution in [1.29, 1.82) is 0 Å². The van der Waals surface area contributed by atoms with Crippen molar-refractivity contribution in [3.63, 3.8) is 0 Å². The van der Waals surface area contributed by atoms with Gasteiger partial charge < -0.3 is 15.4 Å². The highest BCUT2D eigenvalue weighted by molar-refractivity contribution is 7.89. The lowest BCUT2D eigenvalue weighted by Gasteiger charge is -2.35. The topological polar surface area (TPSA) is 75.9 Å². The van der Waals surface area contributed by atoms with Crippen molar-refractivity contribution >= 4 is 15.7 Å². The molecule has 0 atom stereocenters. The summed E-state index contributed by atoms with van der Waals surface area (Å²) in [6, 6.07) is 7.77. The van der Waals surface area contributed by atoms with Crippen molar-refractivity contribution in [3.05, 3.63) is 24.3 Å². The number of piperazine rings is 1. The Morgan fingerprint density at radius 1 is 1.20 bits per heavy atom. The van der Waals surface area contributed by atoms with E-state index in [2.05, 4.69) is 4.90 Å². The van der Waals surface area contributed by atoms with Gasteiger partial charge in [-0.25, -0.2) is 8.42 Å². The lowest BCUT2D eigenvalue weighted by molar-refractivity contribution is 0.378. The predicted molar refractivity (Wildman–Crippen MR) is 79.6 cm³/mol. The van der Waals surface area contributed by atoms with Gasteiger partial charge in [0, 0.05) is 32.7 Å². The Morgan fingerprint density at radius 3 is 2.45 bits per heavy atom. The molecule has 0 spiro atoms. The summed E-state index contributed by atoms with van der Waals surface area (Å²) in [6.45, 7) is 2.45. The molecule has 1 aliphatic heterocycles. The molecule has 0 bridgehead atoms. The summed E-state index contributed by atoms with van der Waals surface area (Å²) in [4.78, 5) is 2.15. The lowest BCUT2D eigenvalue weighted by Crippen LogP contribution is -2.49. The van der Waals surface area contributed by atoms with Crippen LogP contribution in [0.5, 0.6) is 5.75 Å². The summed E-state index contributed by atoms with van der Waals surface area (Å²) in [5, 5.41) is 0. The summed E-state index contributed by atoms with van der Waals surface area (Å²) in [7, 11) is -1.56. The van der Waals surface area contributed by atoms with Gasteiger partial charge in [0.25, 0.3) is 0 Å². The Hall–Kier alpha value is -1.31. The van der Waals surface area contributed by atoms with Gasteiger partial charge in [-0.1, -0.05) is 12.1 Å². The average Bonchev–Trinajstić information content (AvgIpc) is 2.47. The van der Waals surface area contributed by atoms with Crippen molar-refractivity contribution in [1.82, 2.24) is 4.31 Å². The van der Waals surface area contributed by atoms with Crippen molar-refractivity contribution in [2.24, 2.45) is 5.73 Å². The molecule has 2 rings (SSSR count). The molecule has 1 aromatic rings. The van der Waals surface area contributed by atoms with Crippen LogP contribution in [-0.4, -0.2) is 58.3 Å². The van der Waals surface area contributed by atoms with E-state index in [1.54, 1.807) is 7.11 Å². The zero-order valence-corrected chi connectivity index (χ0v) is 12.5. The van der Waals surface area contributed by atoms with Crippen LogP contribution in [0, 0.1) is 0 Å². The standard InChI is InChI=1S/C13H21N3O3S/c1-19-13-5-3-2-4-12(13)15-7-9-16(10-8-15)20(17,18)11-6-14/h2-5H,6-11,14H2,1H3. The van der Waals surface area contributed by atoms with Crippen molar-refractivity contribution in [3.8, 4) is 5.75 Å². The van der Waals surface area contributed by atoms with E-state index in [9.17, 15) is 8.42 Å². The quantitative estimate of drug-likeness (QED) is 0.835. The smallest absolute Gasteiger partial charge is 0.215 e. The Bertz CT molecular complexity index is 540. The third-order valence-corrected chi connectivity index (χ3v) is 5.34. The maximum absolute atomic E-state index is 12.0. The molecule has 0 aliphatic carbocycles. The maximum atomic E-state index is 12.0. The minimum absolute atomic E-state index is 0.0155. The van der Waals surface area contributed by atoms with Crippen LogP contribution in [0.2, 0.25) is 0 Å². The first kappa shape index (κ1) is 15.1. The molecule has 0 aromatic heterocycles. The highest BCUT2D eigenvalue weighted by atomic mass is 32.2. The number of hydrogen-bond acceptors (Lipinski definition) is 5. The molecule has 1 aromatic carbocycles. The van der Waals surface area contributed by atoms with Crippen molar-refractivity contribution in [2.45, 2.75) is 0 Å². The molecule has 1 saturated heterocycles. The Balaban J connectivity index is 2.05. The number of benzene rings is 1. The Kier molecular flexibility index (Phi) is 4.85. The average molecular weight is 299 g/mol. The molecular formula is C13H21N3O3S. The molecule has 0 saturated carbocycles. The number of hydrogen-bond donors (Lipinski definition) is 1. The van der Waals surface area contributed by atoms with Crippen LogP contribution < -0.4 is 15.4 Å². The zero-order chi connectivity index (χ0) is 14.6. The molecule has 6 nitrogen and oxygen atoms in total. The molecule has 0 radical (unpaired) electrons. The van der Waals surface area contributed by atoms with E-state index in [0.717, 1.165) is 11.4 Å². The van der Waals surface area contributed by atoms with Gasteiger partial charge in [-0.15, -0.1) is 0 Å². The Morgan fingerprint density at radius 2 is 1.85 bits per heavy atom. The van der Waals surface area contributed by atoms with E-state index >= 15 is 0 Å². The molecular weight excluding hydrogens is 278 g/mol. The van der Waals surface area contributed by atoms with Gasteiger partial charge in [0.1, 0.15) is 5.75 Å². The monoisotopic (exact) mass is 299 g/mol. The molecule has 1 fully saturated rings. The van der Waals surface area contributed by atoms with E-state index in [0.29, 0.717) is 26.2 Å². The molecule has 1 heterocycles. The van der Waals surface area contributed by atoms with E-state index in [4.69, 9.17) is 10.5 Å². The van der Waals surface area contributed by atoms with Crippen LogP contribution in [0.3, 0.4) is 0 Å². The molecule has 0 unspecified atom stereocenters. The summed E-state index contributed by atoms with van der Waals surface area (Å²) in [5.74, 6) is 0.826. The first-order chi connectivity index (χ1) is 9.58. The number of ether oxygens (including phenoxy) is 1. The first-order valence-corrected chi connectivity index (χ1v) is 8.25. The third kappa shape index (κ3) is 3.23. The third-order valence-electron chi connectivity index (χ3n) is 3.43. The van der Waals surface area contributed by atoms with Gasteiger partial charge in [0.05, 0.1) is 18.6 Å². The number of rotatable bonds is 5. The second-order valence-corrected chi connectivity index (χ2v) is 6.75. The van der Waals surface area contributed by atoms with Gasteiger partial charge in [-0.2, -0.15) is 4.31 Å². The minimum atomic E-state index is -3.20. The van der Waals surface area contributed by atoms with E-state index in [1.165, 1.54) is 4.31 Å². The van der Waals surface area contributed by atoms with Crippen molar-refractivity contribution < 1.29 is 13.2 Å². The van der Waals surface area contributed by atoms with Gasteiger partial charge in [-0.3, -0.25) is 0 Å². The molecule has 20 heavy (non-hydrogen) atoms. The number of para-hydroxylation sites is 2. The van der Waals surface area contributed by atoms with Gasteiger partial charge >= 0.3 is 0 Å². The maximum Gasteiger partial charge on any atom is 0.215 e. The molecule has 7 heteroatoms. The van der Waals surface area contributed by atoms with Gasteiger partial charge in [0.15, 0.2) is 0 Å². The normalized spacial score (nSPS) is 17.2. The molecule has 112 valence electrons. The van der Waals surface area contributed by atoms with Crippen LogP contribution in [0.1, 0.15) is 0 Å². The fraction of sp³-hybridized carbons (Fsp3) is 0.538. The number of anilines is 1. The fourth-order valence-electron chi connectivity index (χ4n) is 2.38. The largest absolute Gasteiger partial charge is 0.495 e. The second-order valence-electron chi connectivity index (χ2n) is 4.66. The highest BCUT2D eigenvalue weighted by Crippen LogP contribution is 2.28. The van der Waals surface area contributed by atoms with Crippen molar-refractivity contribution in [2.75, 3.05) is 50.5 Å². The minimum Gasteiger partial charge on any atom is -0.495 e. The lowest BCUT2D eigenvalue weighted by atomic mass is 10.2. The number of sulfonamides is 1. The van der Waals surface area contributed by atoms with E-state index < -0.39 is 10.0 Å². The van der Waals surface area contributed by atoms with Crippen LogP contribution in [0.25, 0.3) is 0 Å². The van der Waals surface area contributed by atoms with Crippen LogP contribution in [-0.2, 0) is 10.0 Å². The van der Waals surface area contributed by atoms with Gasteiger partial charge in [-0.05, 0) is 12.1 Å². The number of methoxy groups -OCH3 is 1. The van der Waals surface area contributed by atoms with Gasteiger partial charge in [0.2, 0.25) is 10.0 Å². The summed E-state index contributed by atoms with van der Waals surface area (Å²) in [6.07, 6.45) is 0. The SMILES string of the molecule is COc1ccccc1N1CCN(S(=O)(=O)CCN)CC1. The van der Waals surface area contributed by atoms with Crippen LogP contribution in [0.15, 0.2) is 24.3 Å². The van der Waals surface area contributed by atoms with Crippen LogP contribution in [0.4, 0.5) is 5.69 Å². The molecule has 2 N–H and O–H groups in total. The molecule has 1 aliphatic rings. The number of nitrogens with two attached hydrogens (primary N) is 1. The molecule has 0 amide bonds. The fourth-order valence-corrected chi connectivity index (χ4v) is 3.65. The van der Waals surface area contributed by atoms with E-state index in [-0.39, 0.29) is 12.3 Å². The zero-order valence-electron chi connectivity index (χ0n) is 11.7. The second kappa shape index (κ2) is 6.43. The first-order valence-electron chi connectivity index (χ1n) is 6.64.